The topological polar surface area (TPSA) is 80.2 Å². The number of hydrogen-bond donors (Lipinski definition) is 1. The van der Waals surface area contributed by atoms with Crippen LogP contribution in [0.2, 0.25) is 5.02 Å². The third kappa shape index (κ3) is 2.47. The number of halogens is 1. The molecule has 4 rings (SSSR count). The fraction of sp³-hybridized carbons (Fsp3) is 0.267. The number of aliphatic imine (C=N–C) groups is 1. The van der Waals surface area contributed by atoms with E-state index >= 15 is 0 Å². The summed E-state index contributed by atoms with van der Waals surface area (Å²) >= 11 is 6.06. The fourth-order valence-electron chi connectivity index (χ4n) is 2.77. The van der Waals surface area contributed by atoms with Gasteiger partial charge >= 0.3 is 11.9 Å². The summed E-state index contributed by atoms with van der Waals surface area (Å²) in [4.78, 5) is 31.3. The van der Waals surface area contributed by atoms with Crippen LogP contribution in [0.5, 0.6) is 0 Å². The Hall–Kier alpha value is -2.03. The molecule has 0 aromatic heterocycles. The zero-order chi connectivity index (χ0) is 16.7. The first-order valence-corrected chi connectivity index (χ1v) is 9.27. The normalized spacial score (nSPS) is 23.2. The highest BCUT2D eigenvalue weighted by molar-refractivity contribution is 8.39. The van der Waals surface area contributed by atoms with Gasteiger partial charge in [-0.15, -0.1) is 0 Å². The minimum absolute atomic E-state index is 0.478. The van der Waals surface area contributed by atoms with Gasteiger partial charge in [-0.1, -0.05) is 11.6 Å². The average molecular weight is 368 g/mol. The summed E-state index contributed by atoms with van der Waals surface area (Å²) < 4.78 is 11.3. The summed E-state index contributed by atoms with van der Waals surface area (Å²) in [5, 5.41) is 4.24. The van der Waals surface area contributed by atoms with Crippen molar-refractivity contribution in [1.82, 2.24) is 10.2 Å². The lowest BCUT2D eigenvalue weighted by atomic mass is 10.3. The molecule has 0 amide bonds. The first kappa shape index (κ1) is 15.5. The van der Waals surface area contributed by atoms with Crippen LogP contribution in [0.4, 0.5) is 5.69 Å². The highest BCUT2D eigenvalue weighted by Gasteiger charge is 2.46. The van der Waals surface area contributed by atoms with Gasteiger partial charge in [0.15, 0.2) is 0 Å². The van der Waals surface area contributed by atoms with Gasteiger partial charge in [-0.3, -0.25) is 0 Å². The maximum absolute atomic E-state index is 12.1. The SMILES string of the molecule is O=C1C=CC(=O)OS2(O1)C(N1CCNCC1)=Nc1cc(Cl)ccc12. The van der Waals surface area contributed by atoms with Crippen molar-refractivity contribution in [1.29, 1.82) is 0 Å². The first-order chi connectivity index (χ1) is 11.6. The summed E-state index contributed by atoms with van der Waals surface area (Å²) in [5.41, 5.74) is 0.563. The van der Waals surface area contributed by atoms with Crippen LogP contribution in [-0.4, -0.2) is 48.2 Å². The lowest BCUT2D eigenvalue weighted by molar-refractivity contribution is -0.129. The summed E-state index contributed by atoms with van der Waals surface area (Å²) in [6.07, 6.45) is 2.15. The Kier molecular flexibility index (Phi) is 3.75. The fourth-order valence-corrected chi connectivity index (χ4v) is 5.44. The maximum atomic E-state index is 12.1. The number of carbonyl (C=O) groups is 2. The van der Waals surface area contributed by atoms with Crippen molar-refractivity contribution in [2.24, 2.45) is 4.99 Å². The van der Waals surface area contributed by atoms with Crippen molar-refractivity contribution >= 4 is 45.0 Å². The number of hydrogen-bond acceptors (Lipinski definition) is 7. The van der Waals surface area contributed by atoms with Crippen molar-refractivity contribution < 1.29 is 18.0 Å². The zero-order valence-electron chi connectivity index (χ0n) is 12.5. The molecule has 3 aliphatic rings. The summed E-state index contributed by atoms with van der Waals surface area (Å²) in [7, 11) is -2.79. The van der Waals surface area contributed by atoms with Crippen molar-refractivity contribution in [3.05, 3.63) is 35.4 Å². The molecule has 1 N–H and O–H groups in total. The third-order valence-electron chi connectivity index (χ3n) is 3.81. The summed E-state index contributed by atoms with van der Waals surface area (Å²) in [6.45, 7) is 2.90. The van der Waals surface area contributed by atoms with Crippen molar-refractivity contribution in [2.75, 3.05) is 26.2 Å². The number of fused-ring (bicyclic) bond motifs is 2. The number of nitrogens with one attached hydrogen (secondary N) is 1. The molecule has 3 heterocycles. The van der Waals surface area contributed by atoms with Crippen molar-refractivity contribution in [2.45, 2.75) is 4.90 Å². The molecular weight excluding hydrogens is 354 g/mol. The van der Waals surface area contributed by atoms with Gasteiger partial charge in [0.05, 0.1) is 5.69 Å². The van der Waals surface area contributed by atoms with Gasteiger partial charge < -0.3 is 18.6 Å². The molecule has 1 aromatic carbocycles. The molecule has 0 saturated carbocycles. The van der Waals surface area contributed by atoms with E-state index < -0.39 is 22.5 Å². The number of carbonyl (C=O) groups excluding carboxylic acids is 2. The Morgan fingerprint density at radius 3 is 2.46 bits per heavy atom. The van der Waals surface area contributed by atoms with Gasteiger partial charge in [-0.25, -0.2) is 14.6 Å². The number of amidine groups is 1. The molecule has 0 atom stereocenters. The largest absolute Gasteiger partial charge is 0.354 e. The predicted molar refractivity (Wildman–Crippen MR) is 90.2 cm³/mol. The summed E-state index contributed by atoms with van der Waals surface area (Å²) in [6, 6.07) is 5.06. The Labute approximate surface area is 145 Å². The molecule has 0 aliphatic carbocycles. The number of benzene rings is 1. The van der Waals surface area contributed by atoms with E-state index in [-0.39, 0.29) is 0 Å². The molecule has 1 spiro atoms. The lowest BCUT2D eigenvalue weighted by Crippen LogP contribution is -2.47. The van der Waals surface area contributed by atoms with Gasteiger partial charge in [-0.2, -0.15) is 0 Å². The molecule has 126 valence electrons. The Bertz CT molecular complexity index is 769. The van der Waals surface area contributed by atoms with Crippen LogP contribution in [0.1, 0.15) is 0 Å². The van der Waals surface area contributed by atoms with E-state index in [1.165, 1.54) is 0 Å². The molecule has 0 radical (unpaired) electrons. The van der Waals surface area contributed by atoms with E-state index in [0.29, 0.717) is 33.9 Å². The maximum Gasteiger partial charge on any atom is 0.354 e. The van der Waals surface area contributed by atoms with Crippen LogP contribution < -0.4 is 5.32 Å². The third-order valence-corrected chi connectivity index (χ3v) is 6.60. The standard InChI is InChI=1S/C15H14ClN3O4S/c16-10-1-2-12-11(9-10)18-15(19-7-5-17-6-8-19)24(12)22-13(20)3-4-14(21)23-24/h1-4,9,17H,5-8H2. The Balaban J connectivity index is 1.86. The number of piperazine rings is 1. The molecule has 24 heavy (non-hydrogen) atoms. The Morgan fingerprint density at radius 2 is 1.79 bits per heavy atom. The molecule has 1 saturated heterocycles. The molecule has 1 fully saturated rings. The van der Waals surface area contributed by atoms with Gasteiger partial charge in [0, 0.05) is 43.4 Å². The van der Waals surface area contributed by atoms with Crippen LogP contribution in [-0.2, 0) is 18.0 Å². The summed E-state index contributed by atoms with van der Waals surface area (Å²) in [5.74, 6) is -1.25. The van der Waals surface area contributed by atoms with E-state index in [1.54, 1.807) is 18.2 Å². The zero-order valence-corrected chi connectivity index (χ0v) is 14.1. The molecule has 0 unspecified atom stereocenters. The molecule has 3 aliphatic heterocycles. The second-order valence-electron chi connectivity index (χ2n) is 5.38. The second kappa shape index (κ2) is 5.80. The second-order valence-corrected chi connectivity index (χ2v) is 7.97. The number of nitrogens with zero attached hydrogens (tertiary/aromatic N) is 2. The van der Waals surface area contributed by atoms with Gasteiger partial charge in [0.25, 0.3) is 0 Å². The van der Waals surface area contributed by atoms with E-state index in [9.17, 15) is 9.59 Å². The molecule has 7 nitrogen and oxygen atoms in total. The molecular formula is C15H14ClN3O4S. The van der Waals surface area contributed by atoms with Crippen LogP contribution in [0.15, 0.2) is 40.2 Å². The minimum atomic E-state index is -2.79. The highest BCUT2D eigenvalue weighted by Crippen LogP contribution is 2.67. The van der Waals surface area contributed by atoms with Crippen LogP contribution >= 0.6 is 22.2 Å². The lowest BCUT2D eigenvalue weighted by Gasteiger charge is -2.42. The van der Waals surface area contributed by atoms with Crippen LogP contribution in [0.3, 0.4) is 0 Å². The van der Waals surface area contributed by atoms with Crippen LogP contribution in [0, 0.1) is 0 Å². The van der Waals surface area contributed by atoms with E-state index in [0.717, 1.165) is 25.2 Å². The van der Waals surface area contributed by atoms with Gasteiger partial charge in [0.2, 0.25) is 5.17 Å². The molecule has 1 aromatic rings. The average Bonchev–Trinajstić information content (AvgIpc) is 2.77. The quantitative estimate of drug-likeness (QED) is 0.754. The van der Waals surface area contributed by atoms with Gasteiger partial charge in [0.1, 0.15) is 4.90 Å². The van der Waals surface area contributed by atoms with E-state index in [4.69, 9.17) is 20.0 Å². The molecule has 9 heteroatoms. The van der Waals surface area contributed by atoms with E-state index in [1.807, 2.05) is 4.90 Å². The van der Waals surface area contributed by atoms with Crippen LogP contribution in [0.25, 0.3) is 0 Å². The van der Waals surface area contributed by atoms with Gasteiger partial charge in [-0.05, 0) is 28.8 Å². The monoisotopic (exact) mass is 367 g/mol. The smallest absolute Gasteiger partial charge is 0.339 e. The molecule has 0 bridgehead atoms. The van der Waals surface area contributed by atoms with E-state index in [2.05, 4.69) is 10.3 Å². The number of rotatable bonds is 0. The highest BCUT2D eigenvalue weighted by atomic mass is 35.5. The van der Waals surface area contributed by atoms with Crippen molar-refractivity contribution in [3.8, 4) is 0 Å². The first-order valence-electron chi connectivity index (χ1n) is 7.41. The Morgan fingerprint density at radius 1 is 1.12 bits per heavy atom. The van der Waals surface area contributed by atoms with Crippen molar-refractivity contribution in [3.63, 3.8) is 0 Å². The predicted octanol–water partition coefficient (Wildman–Crippen LogP) is 1.90. The minimum Gasteiger partial charge on any atom is -0.339 e.